The lowest BCUT2D eigenvalue weighted by atomic mass is 9.90. The molecular formula is C51H35N3S2. The van der Waals surface area contributed by atoms with Gasteiger partial charge in [-0.05, 0) is 93.0 Å². The van der Waals surface area contributed by atoms with Gasteiger partial charge in [0.1, 0.15) is 5.01 Å². The van der Waals surface area contributed by atoms with Crippen molar-refractivity contribution < 1.29 is 0 Å². The minimum absolute atomic E-state index is 0.0298. The normalized spacial score (nSPS) is 11.9. The zero-order valence-electron chi connectivity index (χ0n) is 30.4. The van der Waals surface area contributed by atoms with Gasteiger partial charge in [-0.3, -0.25) is 4.90 Å². The van der Waals surface area contributed by atoms with Crippen molar-refractivity contribution in [1.29, 1.82) is 0 Å². The highest BCUT2D eigenvalue weighted by atomic mass is 32.1. The Hall–Kier alpha value is -6.66. The molecule has 1 atom stereocenters. The molecule has 0 amide bonds. The molecule has 0 aliphatic heterocycles. The second-order valence-corrected chi connectivity index (χ2v) is 15.9. The summed E-state index contributed by atoms with van der Waals surface area (Å²) in [7, 11) is 0. The number of fused-ring (bicyclic) bond motifs is 2. The molecule has 0 fully saturated rings. The number of rotatable bonds is 9. The molecule has 5 heteroatoms. The summed E-state index contributed by atoms with van der Waals surface area (Å²) in [5.74, 6) is 0.0298. The summed E-state index contributed by atoms with van der Waals surface area (Å²) in [5, 5.41) is 2.03. The van der Waals surface area contributed by atoms with Crippen LogP contribution in [0.2, 0.25) is 0 Å². The summed E-state index contributed by atoms with van der Waals surface area (Å²) in [5.41, 5.74) is 13.8. The maximum atomic E-state index is 5.20. The fraction of sp³-hybridized carbons (Fsp3) is 0.0196. The van der Waals surface area contributed by atoms with Crippen LogP contribution < -0.4 is 4.90 Å². The first kappa shape index (κ1) is 33.9. The van der Waals surface area contributed by atoms with Gasteiger partial charge in [0.2, 0.25) is 0 Å². The molecule has 0 radical (unpaired) electrons. The van der Waals surface area contributed by atoms with E-state index in [2.05, 4.69) is 211 Å². The van der Waals surface area contributed by atoms with Gasteiger partial charge in [-0.1, -0.05) is 169 Å². The number of nitrogens with zero attached hydrogens (tertiary/aromatic N) is 3. The van der Waals surface area contributed by atoms with Gasteiger partial charge in [0, 0.05) is 11.4 Å². The van der Waals surface area contributed by atoms with Crippen LogP contribution in [0, 0.1) is 0 Å². The Morgan fingerprint density at radius 1 is 0.357 bits per heavy atom. The molecular weight excluding hydrogens is 719 g/mol. The van der Waals surface area contributed by atoms with Crippen LogP contribution in [0.5, 0.6) is 0 Å². The Bertz CT molecular complexity index is 2680. The molecule has 1 unspecified atom stereocenters. The highest BCUT2D eigenvalue weighted by Gasteiger charge is 2.22. The smallest absolute Gasteiger partial charge is 0.195 e. The molecule has 3 nitrogen and oxygen atoms in total. The van der Waals surface area contributed by atoms with Crippen LogP contribution in [0.3, 0.4) is 0 Å². The number of hydrogen-bond donors (Lipinski definition) is 0. The molecule has 0 saturated heterocycles. The van der Waals surface area contributed by atoms with E-state index in [0.717, 1.165) is 42.8 Å². The maximum absolute atomic E-state index is 5.20. The summed E-state index contributed by atoms with van der Waals surface area (Å²) >= 11 is 3.50. The molecule has 266 valence electrons. The predicted molar refractivity (Wildman–Crippen MR) is 238 cm³/mol. The largest absolute Gasteiger partial charge is 0.286 e. The molecule has 0 saturated carbocycles. The molecule has 10 aromatic rings. The van der Waals surface area contributed by atoms with Crippen LogP contribution in [0.25, 0.3) is 53.8 Å². The van der Waals surface area contributed by atoms with Gasteiger partial charge in [0.15, 0.2) is 5.13 Å². The summed E-state index contributed by atoms with van der Waals surface area (Å²) < 4.78 is 2.36. The van der Waals surface area contributed by atoms with E-state index in [1.807, 2.05) is 0 Å². The molecule has 2 aromatic heterocycles. The van der Waals surface area contributed by atoms with Crippen molar-refractivity contribution in [3.63, 3.8) is 0 Å². The van der Waals surface area contributed by atoms with E-state index < -0.39 is 0 Å². The second kappa shape index (κ2) is 14.9. The van der Waals surface area contributed by atoms with Gasteiger partial charge >= 0.3 is 0 Å². The molecule has 2 heterocycles. The quantitative estimate of drug-likeness (QED) is 0.147. The zero-order valence-corrected chi connectivity index (χ0v) is 32.0. The molecule has 56 heavy (non-hydrogen) atoms. The van der Waals surface area contributed by atoms with E-state index in [0.29, 0.717) is 0 Å². The summed E-state index contributed by atoms with van der Waals surface area (Å²) in [6, 6.07) is 73.4. The monoisotopic (exact) mass is 753 g/mol. The predicted octanol–water partition coefficient (Wildman–Crippen LogP) is 14.6. The Kier molecular flexibility index (Phi) is 9.00. The number of aromatic nitrogens is 2. The lowest BCUT2D eigenvalue weighted by Crippen LogP contribution is -2.09. The SMILES string of the molecule is c1ccc(-c2ccc3nc(C(c4ccccc4)c4ccc(-c5ccc(N(c6ccccc6)c6nc7ccc(-c8ccccc8)cc7s6)cc5)cc4)sc3c2)cc1. The number of thiazole rings is 2. The summed E-state index contributed by atoms with van der Waals surface area (Å²) in [6.07, 6.45) is 0. The number of para-hydroxylation sites is 1. The summed E-state index contributed by atoms with van der Waals surface area (Å²) in [4.78, 5) is 12.6. The van der Waals surface area contributed by atoms with Crippen molar-refractivity contribution in [2.75, 3.05) is 4.90 Å². The lowest BCUT2D eigenvalue weighted by Gasteiger charge is -2.22. The van der Waals surface area contributed by atoms with Gasteiger partial charge in [0.05, 0.1) is 26.4 Å². The van der Waals surface area contributed by atoms with Crippen molar-refractivity contribution in [3.8, 4) is 33.4 Å². The maximum Gasteiger partial charge on any atom is 0.195 e. The third-order valence-corrected chi connectivity index (χ3v) is 12.4. The van der Waals surface area contributed by atoms with E-state index in [-0.39, 0.29) is 5.92 Å². The van der Waals surface area contributed by atoms with Crippen molar-refractivity contribution in [2.24, 2.45) is 0 Å². The Morgan fingerprint density at radius 3 is 1.38 bits per heavy atom. The number of anilines is 3. The Labute approximate surface area is 334 Å². The summed E-state index contributed by atoms with van der Waals surface area (Å²) in [6.45, 7) is 0. The second-order valence-electron chi connectivity index (χ2n) is 13.8. The van der Waals surface area contributed by atoms with Crippen molar-refractivity contribution in [3.05, 3.63) is 222 Å². The Morgan fingerprint density at radius 2 is 0.786 bits per heavy atom. The van der Waals surface area contributed by atoms with Crippen LogP contribution in [-0.2, 0) is 0 Å². The van der Waals surface area contributed by atoms with Crippen molar-refractivity contribution in [1.82, 2.24) is 9.97 Å². The van der Waals surface area contributed by atoms with Crippen LogP contribution in [-0.4, -0.2) is 9.97 Å². The van der Waals surface area contributed by atoms with Crippen LogP contribution in [0.1, 0.15) is 22.1 Å². The van der Waals surface area contributed by atoms with Gasteiger partial charge in [-0.2, -0.15) is 0 Å². The third-order valence-electron chi connectivity index (χ3n) is 10.3. The van der Waals surface area contributed by atoms with Crippen LogP contribution >= 0.6 is 22.7 Å². The van der Waals surface area contributed by atoms with E-state index in [1.165, 1.54) is 43.6 Å². The molecule has 0 aliphatic carbocycles. The van der Waals surface area contributed by atoms with Crippen LogP contribution in [0.4, 0.5) is 16.5 Å². The van der Waals surface area contributed by atoms with Gasteiger partial charge in [0.25, 0.3) is 0 Å². The molecule has 8 aromatic carbocycles. The zero-order chi connectivity index (χ0) is 37.3. The van der Waals surface area contributed by atoms with Gasteiger partial charge in [-0.25, -0.2) is 9.97 Å². The standard InChI is InChI=1S/C51H35N3S2/c1-5-13-35(14-6-1)41-27-31-45-47(33-41)55-50(52-45)49(39-17-9-3-10-18-39)40-23-21-37(22-24-40)38-25-29-44(30-26-38)54(43-19-11-4-12-20-43)51-53-46-32-28-42(34-48(46)56-51)36-15-7-2-8-16-36/h1-34,49H. The average molecular weight is 754 g/mol. The van der Waals surface area contributed by atoms with Crippen LogP contribution in [0.15, 0.2) is 206 Å². The van der Waals surface area contributed by atoms with E-state index in [4.69, 9.17) is 9.97 Å². The van der Waals surface area contributed by atoms with E-state index >= 15 is 0 Å². The van der Waals surface area contributed by atoms with Crippen molar-refractivity contribution >= 4 is 59.6 Å². The number of hydrogen-bond acceptors (Lipinski definition) is 5. The van der Waals surface area contributed by atoms with Gasteiger partial charge in [-0.15, -0.1) is 11.3 Å². The van der Waals surface area contributed by atoms with E-state index in [9.17, 15) is 0 Å². The minimum Gasteiger partial charge on any atom is -0.286 e. The lowest BCUT2D eigenvalue weighted by molar-refractivity contribution is 0.963. The Balaban J connectivity index is 0.960. The fourth-order valence-electron chi connectivity index (χ4n) is 7.44. The molecule has 0 bridgehead atoms. The minimum atomic E-state index is 0.0298. The highest BCUT2D eigenvalue weighted by molar-refractivity contribution is 7.22. The highest BCUT2D eigenvalue weighted by Crippen LogP contribution is 2.42. The molecule has 0 aliphatic rings. The number of benzene rings is 8. The first-order valence-electron chi connectivity index (χ1n) is 18.8. The average Bonchev–Trinajstić information content (AvgIpc) is 3.89. The third kappa shape index (κ3) is 6.68. The van der Waals surface area contributed by atoms with E-state index in [1.54, 1.807) is 22.7 Å². The molecule has 0 N–H and O–H groups in total. The first-order chi connectivity index (χ1) is 27.7. The molecule has 0 spiro atoms. The topological polar surface area (TPSA) is 29.0 Å². The fourth-order valence-corrected chi connectivity index (χ4v) is 9.65. The first-order valence-corrected chi connectivity index (χ1v) is 20.4. The molecule has 10 rings (SSSR count). The van der Waals surface area contributed by atoms with Crippen molar-refractivity contribution in [2.45, 2.75) is 5.92 Å². The van der Waals surface area contributed by atoms with Gasteiger partial charge < -0.3 is 0 Å².